The molecule has 0 bridgehead atoms. The van der Waals surface area contributed by atoms with Crippen molar-refractivity contribution in [2.45, 2.75) is 110 Å². The van der Waals surface area contributed by atoms with Gasteiger partial charge in [-0.1, -0.05) is 51.1 Å². The molecular weight excluding hydrogens is 1010 g/mol. The maximum absolute atomic E-state index is 15.4. The highest BCUT2D eigenvalue weighted by Gasteiger charge is 2.38. The van der Waals surface area contributed by atoms with Crippen molar-refractivity contribution in [1.29, 1.82) is 0 Å². The molecule has 5 atom stereocenters. The minimum Gasteiger partial charge on any atom is -0.387 e. The van der Waals surface area contributed by atoms with Crippen LogP contribution < -0.4 is 48.7 Å². The molecule has 0 spiro atoms. The van der Waals surface area contributed by atoms with Gasteiger partial charge in [0.15, 0.2) is 0 Å². The van der Waals surface area contributed by atoms with Gasteiger partial charge in [0.2, 0.25) is 53.2 Å². The van der Waals surface area contributed by atoms with Crippen molar-refractivity contribution >= 4 is 53.2 Å². The fraction of sp³-hybridized carbons (Fsp3) is 0.444. The lowest BCUT2D eigenvalue weighted by molar-refractivity contribution is -0.140. The van der Waals surface area contributed by atoms with Crippen molar-refractivity contribution in [2.24, 2.45) is 16.9 Å². The monoisotopic (exact) mass is 1090 g/mol. The number of unbranched alkanes of at least 4 members (excludes halogenated alkanes) is 1. The molecule has 9 amide bonds. The van der Waals surface area contributed by atoms with Gasteiger partial charge in [0, 0.05) is 68.5 Å². The predicted octanol–water partition coefficient (Wildman–Crippen LogP) is 0.750. The van der Waals surface area contributed by atoms with E-state index in [1.807, 2.05) is 51.1 Å². The average Bonchev–Trinajstić information content (AvgIpc) is 3.82. The third-order valence-corrected chi connectivity index (χ3v) is 12.3. The van der Waals surface area contributed by atoms with Crippen molar-refractivity contribution in [2.75, 3.05) is 39.3 Å². The number of amides is 9. The second-order valence-electron chi connectivity index (χ2n) is 19.7. The van der Waals surface area contributed by atoms with Crippen LogP contribution in [0.3, 0.4) is 0 Å². The first-order valence-electron chi connectivity index (χ1n) is 25.5. The first kappa shape index (κ1) is 62.4. The second kappa shape index (κ2) is 30.6. The smallest absolute Gasteiger partial charge is 0.248 e. The van der Waals surface area contributed by atoms with Gasteiger partial charge in [0.25, 0.3) is 0 Å². The maximum atomic E-state index is 15.4. The van der Waals surface area contributed by atoms with Gasteiger partial charge in [-0.2, -0.15) is 0 Å². The highest BCUT2D eigenvalue weighted by Crippen LogP contribution is 2.41. The molecule has 0 aliphatic heterocycles. The number of hydrogen-bond acceptors (Lipinski definition) is 12. The molecule has 4 aromatic rings. The van der Waals surface area contributed by atoms with Gasteiger partial charge in [-0.05, 0) is 92.1 Å². The Morgan fingerprint density at radius 3 is 1.99 bits per heavy atom. The summed E-state index contributed by atoms with van der Waals surface area (Å²) in [5.41, 5.74) is 12.4. The van der Waals surface area contributed by atoms with E-state index in [2.05, 4.69) is 42.2 Å². The number of nitrogens with two attached hydrogens (primary N) is 2. The summed E-state index contributed by atoms with van der Waals surface area (Å²) >= 11 is 0. The van der Waals surface area contributed by atoms with Crippen LogP contribution in [0.15, 0.2) is 85.3 Å². The summed E-state index contributed by atoms with van der Waals surface area (Å²) in [7, 11) is 0. The van der Waals surface area contributed by atoms with Gasteiger partial charge in [-0.15, -0.1) is 0 Å². The summed E-state index contributed by atoms with van der Waals surface area (Å²) in [6.45, 7) is 6.34. The molecule has 2 heterocycles. The number of aliphatic hydroxyl groups is 1. The fourth-order valence-corrected chi connectivity index (χ4v) is 8.53. The maximum Gasteiger partial charge on any atom is 0.248 e. The van der Waals surface area contributed by atoms with Crippen LogP contribution in [-0.2, 0) is 56.1 Å². The Kier molecular flexibility index (Phi) is 24.5. The molecule has 0 aliphatic carbocycles. The number of nitrogens with one attached hydrogen (secondary N) is 7. The summed E-state index contributed by atoms with van der Waals surface area (Å²) in [6.07, 6.45) is 4.88. The van der Waals surface area contributed by atoms with Crippen LogP contribution in [0, 0.1) is 17.0 Å². The Balaban J connectivity index is 1.65. The average molecular weight is 1090 g/mol. The Hall–Kier alpha value is -8.12. The largest absolute Gasteiger partial charge is 0.387 e. The van der Waals surface area contributed by atoms with Crippen LogP contribution in [0.1, 0.15) is 89.6 Å². The Morgan fingerprint density at radius 2 is 1.38 bits per heavy atom. The van der Waals surface area contributed by atoms with Crippen LogP contribution in [0.4, 0.5) is 8.78 Å². The zero-order chi connectivity index (χ0) is 57.5. The number of carbonyl (C=O) groups is 9. The number of carbonyl (C=O) groups excluding carboxylic acids is 9. The Labute approximate surface area is 451 Å². The molecule has 0 saturated heterocycles. The zero-order valence-electron chi connectivity index (χ0n) is 44.5. The minimum atomic E-state index is -1.73. The number of aromatic nitrogens is 2. The van der Waals surface area contributed by atoms with Crippen LogP contribution >= 0.6 is 0 Å². The first-order valence-corrected chi connectivity index (χ1v) is 25.5. The molecular formula is C54H72F2N12O10. The summed E-state index contributed by atoms with van der Waals surface area (Å²) in [5.74, 6) is -8.35. The van der Waals surface area contributed by atoms with Gasteiger partial charge >= 0.3 is 0 Å². The quantitative estimate of drug-likeness (QED) is 0.0324. The number of halogens is 2. The molecule has 24 heteroatoms. The lowest BCUT2D eigenvalue weighted by atomic mass is 9.82. The summed E-state index contributed by atoms with van der Waals surface area (Å²) in [6, 6.07) is 10.6. The molecule has 0 unspecified atom stereocenters. The number of pyridine rings is 1. The number of aliphatic hydroxyl groups excluding tert-OH is 1. The van der Waals surface area contributed by atoms with Crippen molar-refractivity contribution in [1.82, 2.24) is 51.7 Å². The number of benzene rings is 2. The van der Waals surface area contributed by atoms with Gasteiger partial charge in [-0.25, -0.2) is 8.78 Å². The number of primary amides is 1. The van der Waals surface area contributed by atoms with E-state index in [9.17, 15) is 52.6 Å². The molecule has 0 saturated carbocycles. The van der Waals surface area contributed by atoms with E-state index in [0.717, 1.165) is 23.8 Å². The number of hydrogen-bond donors (Lipinski definition) is 10. The predicted molar refractivity (Wildman–Crippen MR) is 284 cm³/mol. The van der Waals surface area contributed by atoms with E-state index in [4.69, 9.17) is 11.5 Å². The van der Waals surface area contributed by atoms with Crippen molar-refractivity contribution < 1.29 is 57.0 Å². The molecule has 0 aliphatic rings. The SMILES string of the molecule is CC(=O)N[C@@H](CCCCN)C(=O)NCCNC(=O)[C@H](CCN(C(=O)CO)[C@@H](c1cc(-c2cc(F)ccc2F)cn1Cc1ccccc1)C(C)(C)C)NC(=O)[C@H](CC(N)=O)NC(=O)[C@H](C)NC(=O)CNC(=O)Cc1ccncc1. The zero-order valence-corrected chi connectivity index (χ0v) is 44.5. The Morgan fingerprint density at radius 1 is 0.744 bits per heavy atom. The van der Waals surface area contributed by atoms with Crippen LogP contribution in [-0.4, -0.2) is 136 Å². The topological polar surface area (TPSA) is 331 Å². The van der Waals surface area contributed by atoms with E-state index < -0.39 is 120 Å². The number of nitrogens with zero attached hydrogens (tertiary/aromatic N) is 3. The molecule has 22 nitrogen and oxygen atoms in total. The van der Waals surface area contributed by atoms with Crippen molar-refractivity contribution in [3.05, 3.63) is 114 Å². The number of rotatable bonds is 30. The van der Waals surface area contributed by atoms with E-state index in [1.165, 1.54) is 31.1 Å². The summed E-state index contributed by atoms with van der Waals surface area (Å²) in [5, 5.41) is 28.2. The lowest BCUT2D eigenvalue weighted by Crippen LogP contribution is -2.58. The molecule has 2 aromatic carbocycles. The highest BCUT2D eigenvalue weighted by molar-refractivity contribution is 5.97. The highest BCUT2D eigenvalue weighted by atomic mass is 19.1. The standard InChI is InChI=1S/C54H72F2N12O10/c1-33(63-47(73)29-62-46(72)25-35-16-20-59-21-17-35)50(75)66-43(28-45(58)71)53(78)65-42(52(77)61-23-22-60-51(76)41(64-34(2)70)13-9-10-19-57)18-24-68(48(74)32-69)49(54(3,4)5)44-26-37(39-27-38(55)14-15-40(39)56)31-67(44)30-36-11-7-6-8-12-36/h6-8,11-12,14-17,20-21,26-27,31,33,41-43,49,69H,9-10,13,18-19,22-25,28-30,32,57H2,1-5H3,(H2,58,71)(H,60,76)(H,61,77)(H,62,72)(H,63,73)(H,64,70)(H,65,78)(H,66,75)/t33-,41-,42-,43-,49-/m0/s1. The minimum absolute atomic E-state index is 0.0430. The molecule has 2 aromatic heterocycles. The van der Waals surface area contributed by atoms with E-state index in [-0.39, 0.29) is 50.1 Å². The fourth-order valence-electron chi connectivity index (χ4n) is 8.53. The normalized spacial score (nSPS) is 13.1. The van der Waals surface area contributed by atoms with Crippen molar-refractivity contribution in [3.63, 3.8) is 0 Å². The van der Waals surface area contributed by atoms with E-state index >= 15 is 4.39 Å². The summed E-state index contributed by atoms with van der Waals surface area (Å²) < 4.78 is 31.8. The summed E-state index contributed by atoms with van der Waals surface area (Å²) in [4.78, 5) is 124. The van der Waals surface area contributed by atoms with Gasteiger partial charge < -0.3 is 63.3 Å². The van der Waals surface area contributed by atoms with Crippen LogP contribution in [0.5, 0.6) is 0 Å². The molecule has 422 valence electrons. The molecule has 0 fully saturated rings. The van der Waals surface area contributed by atoms with Gasteiger partial charge in [0.05, 0.1) is 25.4 Å². The second-order valence-corrected chi connectivity index (χ2v) is 19.7. The van der Waals surface area contributed by atoms with Crippen LogP contribution in [0.25, 0.3) is 11.1 Å². The molecule has 12 N–H and O–H groups in total. The third-order valence-electron chi connectivity index (χ3n) is 12.3. The van der Waals surface area contributed by atoms with Gasteiger partial charge in [0.1, 0.15) is 42.4 Å². The lowest BCUT2D eigenvalue weighted by Gasteiger charge is -2.41. The third kappa shape index (κ3) is 20.1. The Bertz CT molecular complexity index is 2700. The van der Waals surface area contributed by atoms with Crippen molar-refractivity contribution in [3.8, 4) is 11.1 Å². The van der Waals surface area contributed by atoms with E-state index in [1.54, 1.807) is 29.0 Å². The van der Waals surface area contributed by atoms with E-state index in [0.29, 0.717) is 37.1 Å². The van der Waals surface area contributed by atoms with Gasteiger partial charge in [-0.3, -0.25) is 48.1 Å². The first-order chi connectivity index (χ1) is 37.0. The van der Waals surface area contributed by atoms with Crippen LogP contribution in [0.2, 0.25) is 0 Å². The molecule has 0 radical (unpaired) electrons. The molecule has 78 heavy (non-hydrogen) atoms. The molecule has 4 rings (SSSR count).